The first-order valence-electron chi connectivity index (χ1n) is 6.81. The zero-order chi connectivity index (χ0) is 14.4. The fourth-order valence-electron chi connectivity index (χ4n) is 1.99. The Bertz CT molecular complexity index is 579. The van der Waals surface area contributed by atoms with Gasteiger partial charge in [0.25, 0.3) is 0 Å². The van der Waals surface area contributed by atoms with Crippen LogP contribution in [0.3, 0.4) is 0 Å². The van der Waals surface area contributed by atoms with Gasteiger partial charge in [0.05, 0.1) is 5.69 Å². The molecule has 0 saturated heterocycles. The van der Waals surface area contributed by atoms with Crippen molar-refractivity contribution >= 4 is 28.6 Å². The van der Waals surface area contributed by atoms with Crippen LogP contribution in [0.15, 0.2) is 42.6 Å². The van der Waals surface area contributed by atoms with E-state index in [9.17, 15) is 0 Å². The second kappa shape index (κ2) is 7.01. The molecule has 104 valence electrons. The average molecular weight is 285 g/mol. The predicted molar refractivity (Wildman–Crippen MR) is 88.5 cm³/mol. The fourth-order valence-corrected chi connectivity index (χ4v) is 2.16. The quantitative estimate of drug-likeness (QED) is 0.793. The van der Waals surface area contributed by atoms with Crippen molar-refractivity contribution < 1.29 is 0 Å². The minimum atomic E-state index is 0.299. The van der Waals surface area contributed by atoms with Gasteiger partial charge in [-0.15, -0.1) is 0 Å². The van der Waals surface area contributed by atoms with Crippen molar-refractivity contribution in [2.45, 2.75) is 26.2 Å². The maximum Gasteiger partial charge on any atom is 0.124 e. The molecule has 20 heavy (non-hydrogen) atoms. The molecule has 0 unspecified atom stereocenters. The van der Waals surface area contributed by atoms with E-state index >= 15 is 0 Å². The topological polar surface area (TPSA) is 50.9 Å². The van der Waals surface area contributed by atoms with Gasteiger partial charge < -0.3 is 11.1 Å². The van der Waals surface area contributed by atoms with Gasteiger partial charge in [-0.05, 0) is 42.7 Å². The van der Waals surface area contributed by atoms with Gasteiger partial charge in [0.2, 0.25) is 0 Å². The minimum absolute atomic E-state index is 0.299. The second-order valence-corrected chi connectivity index (χ2v) is 5.13. The van der Waals surface area contributed by atoms with E-state index < -0.39 is 0 Å². The van der Waals surface area contributed by atoms with Crippen LogP contribution < -0.4 is 11.1 Å². The molecule has 0 aliphatic rings. The van der Waals surface area contributed by atoms with Gasteiger partial charge in [0.15, 0.2) is 0 Å². The maximum atomic E-state index is 5.68. The summed E-state index contributed by atoms with van der Waals surface area (Å²) >= 11 is 5.01. The number of unbranched alkanes of at least 4 members (excludes halogenated alkanes) is 1. The number of rotatable bonds is 6. The van der Waals surface area contributed by atoms with Gasteiger partial charge in [-0.2, -0.15) is 0 Å². The number of aromatic nitrogens is 1. The van der Waals surface area contributed by atoms with Gasteiger partial charge in [0.1, 0.15) is 10.7 Å². The smallest absolute Gasteiger partial charge is 0.124 e. The van der Waals surface area contributed by atoms with Crippen LogP contribution in [-0.2, 0) is 6.42 Å². The molecule has 0 saturated carbocycles. The minimum Gasteiger partial charge on any atom is -0.388 e. The first kappa shape index (κ1) is 14.5. The summed E-state index contributed by atoms with van der Waals surface area (Å²) in [5, 5.41) is 3.31. The average Bonchev–Trinajstić information content (AvgIpc) is 2.47. The number of aryl methyl sites for hydroxylation is 1. The van der Waals surface area contributed by atoms with E-state index in [1.807, 2.05) is 12.1 Å². The highest BCUT2D eigenvalue weighted by atomic mass is 32.1. The largest absolute Gasteiger partial charge is 0.388 e. The van der Waals surface area contributed by atoms with Gasteiger partial charge in [-0.1, -0.05) is 37.7 Å². The summed E-state index contributed by atoms with van der Waals surface area (Å²) in [4.78, 5) is 4.50. The summed E-state index contributed by atoms with van der Waals surface area (Å²) in [6.07, 6.45) is 5.25. The standard InChI is InChI=1S/C16H19N3S/c1-2-3-5-12-7-9-13(10-8-12)19-14-6-4-11-18-15(14)16(17)20/h4,6-11,19H,2-3,5H2,1H3,(H2,17,20). The Morgan fingerprint density at radius 1 is 1.25 bits per heavy atom. The number of benzene rings is 1. The van der Waals surface area contributed by atoms with Crippen molar-refractivity contribution in [1.29, 1.82) is 0 Å². The third-order valence-electron chi connectivity index (χ3n) is 3.09. The number of nitrogens with zero attached hydrogens (tertiary/aromatic N) is 1. The van der Waals surface area contributed by atoms with Crippen LogP contribution in [0.25, 0.3) is 0 Å². The Balaban J connectivity index is 2.12. The van der Waals surface area contributed by atoms with Crippen LogP contribution in [0, 0.1) is 0 Å². The number of nitrogens with one attached hydrogen (secondary N) is 1. The van der Waals surface area contributed by atoms with Crippen molar-refractivity contribution in [2.24, 2.45) is 5.73 Å². The summed E-state index contributed by atoms with van der Waals surface area (Å²) in [7, 11) is 0. The molecule has 1 heterocycles. The van der Waals surface area contributed by atoms with Crippen LogP contribution in [0.4, 0.5) is 11.4 Å². The third kappa shape index (κ3) is 3.78. The van der Waals surface area contributed by atoms with Crippen molar-refractivity contribution in [1.82, 2.24) is 4.98 Å². The van der Waals surface area contributed by atoms with E-state index in [2.05, 4.69) is 41.5 Å². The summed E-state index contributed by atoms with van der Waals surface area (Å²) in [6.45, 7) is 2.20. The molecule has 0 radical (unpaired) electrons. The lowest BCUT2D eigenvalue weighted by Gasteiger charge is -2.10. The van der Waals surface area contributed by atoms with E-state index in [0.29, 0.717) is 10.7 Å². The van der Waals surface area contributed by atoms with Crippen molar-refractivity contribution in [3.05, 3.63) is 53.9 Å². The molecule has 0 atom stereocenters. The third-order valence-corrected chi connectivity index (χ3v) is 3.29. The van der Waals surface area contributed by atoms with Gasteiger partial charge in [0, 0.05) is 11.9 Å². The van der Waals surface area contributed by atoms with Crippen LogP contribution in [-0.4, -0.2) is 9.97 Å². The molecule has 4 heteroatoms. The molecule has 0 spiro atoms. The monoisotopic (exact) mass is 285 g/mol. The number of hydrogen-bond donors (Lipinski definition) is 2. The lowest BCUT2D eigenvalue weighted by atomic mass is 10.1. The normalized spacial score (nSPS) is 10.2. The number of pyridine rings is 1. The Morgan fingerprint density at radius 3 is 2.65 bits per heavy atom. The van der Waals surface area contributed by atoms with Crippen LogP contribution in [0.1, 0.15) is 31.0 Å². The molecule has 2 aromatic rings. The summed E-state index contributed by atoms with van der Waals surface area (Å²) in [5.74, 6) is 0. The summed E-state index contributed by atoms with van der Waals surface area (Å²) in [5.41, 5.74) is 9.50. The number of hydrogen-bond acceptors (Lipinski definition) is 3. The molecule has 1 aromatic carbocycles. The lowest BCUT2D eigenvalue weighted by molar-refractivity contribution is 0.795. The van der Waals surface area contributed by atoms with Crippen LogP contribution in [0.2, 0.25) is 0 Å². The Morgan fingerprint density at radius 2 is 2.00 bits per heavy atom. The van der Waals surface area contributed by atoms with E-state index in [1.165, 1.54) is 18.4 Å². The van der Waals surface area contributed by atoms with Gasteiger partial charge >= 0.3 is 0 Å². The highest BCUT2D eigenvalue weighted by molar-refractivity contribution is 7.80. The second-order valence-electron chi connectivity index (χ2n) is 4.69. The molecule has 1 aromatic heterocycles. The first-order valence-corrected chi connectivity index (χ1v) is 7.22. The molecule has 0 aliphatic carbocycles. The van der Waals surface area contributed by atoms with Crippen LogP contribution in [0.5, 0.6) is 0 Å². The first-order chi connectivity index (χ1) is 9.70. The fraction of sp³-hybridized carbons (Fsp3) is 0.250. The van der Waals surface area contributed by atoms with Crippen molar-refractivity contribution in [2.75, 3.05) is 5.32 Å². The van der Waals surface area contributed by atoms with Gasteiger partial charge in [-0.25, -0.2) is 0 Å². The molecule has 0 bridgehead atoms. The van der Waals surface area contributed by atoms with Crippen LogP contribution >= 0.6 is 12.2 Å². The van der Waals surface area contributed by atoms with E-state index in [1.54, 1.807) is 6.20 Å². The highest BCUT2D eigenvalue weighted by Crippen LogP contribution is 2.20. The lowest BCUT2D eigenvalue weighted by Crippen LogP contribution is -2.13. The number of thiocarbonyl (C=S) groups is 1. The van der Waals surface area contributed by atoms with Gasteiger partial charge in [-0.3, -0.25) is 4.98 Å². The Hall–Kier alpha value is -1.94. The SMILES string of the molecule is CCCCc1ccc(Nc2cccnc2C(N)=S)cc1. The summed E-state index contributed by atoms with van der Waals surface area (Å²) < 4.78 is 0. The van der Waals surface area contributed by atoms with Crippen molar-refractivity contribution in [3.8, 4) is 0 Å². The van der Waals surface area contributed by atoms with E-state index in [0.717, 1.165) is 17.8 Å². The molecular weight excluding hydrogens is 266 g/mol. The zero-order valence-electron chi connectivity index (χ0n) is 11.6. The number of anilines is 2. The molecule has 2 rings (SSSR count). The predicted octanol–water partition coefficient (Wildman–Crippen LogP) is 3.80. The maximum absolute atomic E-state index is 5.68. The highest BCUT2D eigenvalue weighted by Gasteiger charge is 2.06. The Kier molecular flexibility index (Phi) is 5.07. The molecular formula is C16H19N3S. The van der Waals surface area contributed by atoms with E-state index in [4.69, 9.17) is 18.0 Å². The number of nitrogens with two attached hydrogens (primary N) is 1. The molecule has 0 fully saturated rings. The molecule has 0 amide bonds. The van der Waals surface area contributed by atoms with Crippen molar-refractivity contribution in [3.63, 3.8) is 0 Å². The molecule has 0 aliphatic heterocycles. The van der Waals surface area contributed by atoms with E-state index in [-0.39, 0.29) is 0 Å². The Labute approximate surface area is 125 Å². The molecule has 3 N–H and O–H groups in total. The zero-order valence-corrected chi connectivity index (χ0v) is 12.4. The molecule has 3 nitrogen and oxygen atoms in total. The summed E-state index contributed by atoms with van der Waals surface area (Å²) in [6, 6.07) is 12.2.